The molecule has 0 saturated carbocycles. The molecule has 0 bridgehead atoms. The first-order valence-electron chi connectivity index (χ1n) is 8.69. The van der Waals surface area contributed by atoms with Crippen LogP contribution in [0.25, 0.3) is 0 Å². The number of benzene rings is 1. The zero-order chi connectivity index (χ0) is 15.9. The van der Waals surface area contributed by atoms with Crippen LogP contribution in [0.2, 0.25) is 0 Å². The minimum absolute atomic E-state index is 0.343. The Labute approximate surface area is 135 Å². The molecular weight excluding hydrogens is 274 g/mol. The van der Waals surface area contributed by atoms with Gasteiger partial charge in [0, 0.05) is 19.6 Å². The molecule has 0 aromatic heterocycles. The summed E-state index contributed by atoms with van der Waals surface area (Å²) in [6, 6.07) is 8.45. The average molecular weight is 305 g/mol. The summed E-state index contributed by atoms with van der Waals surface area (Å²) in [6.07, 6.45) is 2.89. The fraction of sp³-hybridized carbons (Fsp3) is 0.684. The van der Waals surface area contributed by atoms with Crippen LogP contribution >= 0.6 is 0 Å². The number of morpholine rings is 1. The molecule has 1 saturated heterocycles. The fourth-order valence-corrected chi connectivity index (χ4v) is 3.18. The lowest BCUT2D eigenvalue weighted by Gasteiger charge is -2.35. The lowest BCUT2D eigenvalue weighted by atomic mass is 9.98. The van der Waals surface area contributed by atoms with Gasteiger partial charge in [-0.2, -0.15) is 0 Å². The van der Waals surface area contributed by atoms with Crippen LogP contribution in [0.1, 0.15) is 52.0 Å². The topological polar surface area (TPSA) is 21.7 Å². The largest absolute Gasteiger partial charge is 0.493 e. The van der Waals surface area contributed by atoms with Crippen LogP contribution in [-0.4, -0.2) is 43.3 Å². The molecule has 22 heavy (non-hydrogen) atoms. The maximum atomic E-state index is 6.05. The van der Waals surface area contributed by atoms with Gasteiger partial charge in [-0.15, -0.1) is 0 Å². The Balaban J connectivity index is 1.77. The molecule has 2 rings (SSSR count). The van der Waals surface area contributed by atoms with Crippen molar-refractivity contribution in [3.63, 3.8) is 0 Å². The van der Waals surface area contributed by atoms with Crippen LogP contribution in [0, 0.1) is 0 Å². The Bertz CT molecular complexity index is 439. The van der Waals surface area contributed by atoms with E-state index in [0.717, 1.165) is 44.8 Å². The van der Waals surface area contributed by atoms with Crippen LogP contribution < -0.4 is 4.74 Å². The highest BCUT2D eigenvalue weighted by molar-refractivity contribution is 5.35. The van der Waals surface area contributed by atoms with E-state index in [-0.39, 0.29) is 0 Å². The van der Waals surface area contributed by atoms with Crippen LogP contribution in [0.4, 0.5) is 0 Å². The van der Waals surface area contributed by atoms with Gasteiger partial charge in [0.15, 0.2) is 0 Å². The van der Waals surface area contributed by atoms with Crippen LogP contribution in [0.5, 0.6) is 5.75 Å². The predicted octanol–water partition coefficient (Wildman–Crippen LogP) is 4.08. The van der Waals surface area contributed by atoms with Gasteiger partial charge >= 0.3 is 0 Å². The van der Waals surface area contributed by atoms with Crippen molar-refractivity contribution in [2.45, 2.75) is 58.7 Å². The van der Waals surface area contributed by atoms with Crippen molar-refractivity contribution < 1.29 is 9.47 Å². The number of ether oxygens (including phenoxy) is 2. The van der Waals surface area contributed by atoms with Gasteiger partial charge in [-0.3, -0.25) is 4.90 Å². The third-order valence-corrected chi connectivity index (χ3v) is 4.43. The number of rotatable bonds is 7. The van der Waals surface area contributed by atoms with Crippen molar-refractivity contribution >= 4 is 0 Å². The van der Waals surface area contributed by atoms with E-state index in [1.807, 2.05) is 0 Å². The lowest BCUT2D eigenvalue weighted by molar-refractivity contribution is -0.0686. The molecule has 0 spiro atoms. The van der Waals surface area contributed by atoms with Crippen LogP contribution in [0.15, 0.2) is 24.3 Å². The average Bonchev–Trinajstić information content (AvgIpc) is 2.50. The van der Waals surface area contributed by atoms with E-state index in [9.17, 15) is 0 Å². The van der Waals surface area contributed by atoms with Crippen LogP contribution in [-0.2, 0) is 4.74 Å². The normalized spacial score (nSPS) is 24.2. The number of hydrogen-bond acceptors (Lipinski definition) is 3. The van der Waals surface area contributed by atoms with Gasteiger partial charge in [0.05, 0.1) is 18.8 Å². The molecule has 1 aliphatic rings. The first kappa shape index (κ1) is 17.3. The third kappa shape index (κ3) is 4.99. The summed E-state index contributed by atoms with van der Waals surface area (Å²) >= 11 is 0. The molecule has 0 radical (unpaired) electrons. The Morgan fingerprint density at radius 3 is 2.59 bits per heavy atom. The fourth-order valence-electron chi connectivity index (χ4n) is 3.18. The Morgan fingerprint density at radius 1 is 1.23 bits per heavy atom. The minimum atomic E-state index is 0.343. The second-order valence-electron chi connectivity index (χ2n) is 6.57. The first-order valence-corrected chi connectivity index (χ1v) is 8.69. The highest BCUT2D eigenvalue weighted by atomic mass is 16.5. The molecule has 3 atom stereocenters. The summed E-state index contributed by atoms with van der Waals surface area (Å²) in [6.45, 7) is 12.7. The highest BCUT2D eigenvalue weighted by Crippen LogP contribution is 2.28. The maximum absolute atomic E-state index is 6.05. The molecular formula is C19H31NO2. The van der Waals surface area contributed by atoms with E-state index in [1.165, 1.54) is 5.56 Å². The van der Waals surface area contributed by atoms with Gasteiger partial charge in [-0.05, 0) is 44.2 Å². The van der Waals surface area contributed by atoms with Gasteiger partial charge in [0.2, 0.25) is 0 Å². The summed E-state index contributed by atoms with van der Waals surface area (Å²) in [4.78, 5) is 2.49. The van der Waals surface area contributed by atoms with E-state index in [4.69, 9.17) is 9.47 Å². The molecule has 1 aliphatic heterocycles. The molecule has 3 heteroatoms. The Kier molecular flexibility index (Phi) is 6.71. The quantitative estimate of drug-likeness (QED) is 0.709. The molecule has 1 heterocycles. The molecule has 1 aromatic carbocycles. The van der Waals surface area contributed by atoms with Crippen molar-refractivity contribution in [2.24, 2.45) is 0 Å². The van der Waals surface area contributed by atoms with Crippen LogP contribution in [0.3, 0.4) is 0 Å². The Hall–Kier alpha value is -1.06. The van der Waals surface area contributed by atoms with Crippen molar-refractivity contribution in [1.29, 1.82) is 0 Å². The van der Waals surface area contributed by atoms with Gasteiger partial charge in [0.25, 0.3) is 0 Å². The number of hydrogen-bond donors (Lipinski definition) is 0. The second kappa shape index (κ2) is 8.54. The molecule has 3 nitrogen and oxygen atoms in total. The zero-order valence-corrected chi connectivity index (χ0v) is 14.5. The van der Waals surface area contributed by atoms with Gasteiger partial charge in [-0.25, -0.2) is 0 Å². The molecule has 0 amide bonds. The van der Waals surface area contributed by atoms with Gasteiger partial charge < -0.3 is 9.47 Å². The monoisotopic (exact) mass is 305 g/mol. The SMILES string of the molecule is CC[C@H](C)c1ccccc1OCCCN1C[C@H](C)O[C@@H](C)C1. The molecule has 0 unspecified atom stereocenters. The third-order valence-electron chi connectivity index (χ3n) is 4.43. The molecule has 124 valence electrons. The predicted molar refractivity (Wildman–Crippen MR) is 91.7 cm³/mol. The van der Waals surface area contributed by atoms with E-state index in [1.54, 1.807) is 0 Å². The summed E-state index contributed by atoms with van der Waals surface area (Å²) in [7, 11) is 0. The van der Waals surface area contributed by atoms with Crippen molar-refractivity contribution in [2.75, 3.05) is 26.2 Å². The molecule has 0 N–H and O–H groups in total. The van der Waals surface area contributed by atoms with E-state index in [0.29, 0.717) is 18.1 Å². The minimum Gasteiger partial charge on any atom is -0.493 e. The summed E-state index contributed by atoms with van der Waals surface area (Å²) in [5.74, 6) is 1.61. The highest BCUT2D eigenvalue weighted by Gasteiger charge is 2.21. The summed E-state index contributed by atoms with van der Waals surface area (Å²) in [5, 5.41) is 0. The van der Waals surface area contributed by atoms with Gasteiger partial charge in [0.1, 0.15) is 5.75 Å². The summed E-state index contributed by atoms with van der Waals surface area (Å²) < 4.78 is 11.8. The molecule has 1 aromatic rings. The standard InChI is InChI=1S/C19H31NO2/c1-5-15(2)18-9-6-7-10-19(18)21-12-8-11-20-13-16(3)22-17(4)14-20/h6-7,9-10,15-17H,5,8,11-14H2,1-4H3/t15-,16-,17-/m0/s1. The first-order chi connectivity index (χ1) is 10.6. The maximum Gasteiger partial charge on any atom is 0.122 e. The van der Waals surface area contributed by atoms with Crippen molar-refractivity contribution in [3.05, 3.63) is 29.8 Å². The molecule has 1 fully saturated rings. The van der Waals surface area contributed by atoms with Crippen molar-refractivity contribution in [3.8, 4) is 5.75 Å². The smallest absolute Gasteiger partial charge is 0.122 e. The molecule has 0 aliphatic carbocycles. The van der Waals surface area contributed by atoms with E-state index >= 15 is 0 Å². The van der Waals surface area contributed by atoms with Gasteiger partial charge in [-0.1, -0.05) is 32.0 Å². The second-order valence-corrected chi connectivity index (χ2v) is 6.57. The number of para-hydroxylation sites is 1. The van der Waals surface area contributed by atoms with E-state index in [2.05, 4.69) is 56.9 Å². The Morgan fingerprint density at radius 2 is 1.91 bits per heavy atom. The van der Waals surface area contributed by atoms with E-state index < -0.39 is 0 Å². The summed E-state index contributed by atoms with van der Waals surface area (Å²) in [5.41, 5.74) is 1.33. The number of nitrogens with zero attached hydrogens (tertiary/aromatic N) is 1. The van der Waals surface area contributed by atoms with Crippen molar-refractivity contribution in [1.82, 2.24) is 4.90 Å². The zero-order valence-electron chi connectivity index (χ0n) is 14.5. The lowest BCUT2D eigenvalue weighted by Crippen LogP contribution is -2.45.